The number of aromatic nitrogens is 2. The van der Waals surface area contributed by atoms with Crippen LogP contribution >= 0.6 is 0 Å². The molecule has 1 atom stereocenters. The van der Waals surface area contributed by atoms with E-state index < -0.39 is 17.9 Å². The molecule has 6 rings (SSSR count). The van der Waals surface area contributed by atoms with E-state index >= 15 is 4.39 Å². The predicted octanol–water partition coefficient (Wildman–Crippen LogP) is 4.40. The molecule has 9 heteroatoms. The lowest BCUT2D eigenvalue weighted by atomic mass is 9.91. The van der Waals surface area contributed by atoms with Crippen molar-refractivity contribution in [1.29, 1.82) is 0 Å². The Hall–Kier alpha value is -3.04. The van der Waals surface area contributed by atoms with E-state index in [1.165, 1.54) is 6.07 Å². The Morgan fingerprint density at radius 1 is 1.11 bits per heavy atom. The van der Waals surface area contributed by atoms with Crippen molar-refractivity contribution in [2.75, 3.05) is 54.1 Å². The molecule has 3 aliphatic heterocycles. The van der Waals surface area contributed by atoms with Gasteiger partial charge in [-0.05, 0) is 25.8 Å². The number of ether oxygens (including phenoxy) is 1. The first-order chi connectivity index (χ1) is 17.2. The molecule has 1 aromatic carbocycles. The van der Waals surface area contributed by atoms with Gasteiger partial charge in [-0.1, -0.05) is 13.8 Å². The highest BCUT2D eigenvalue weighted by Gasteiger charge is 2.40. The number of halogens is 2. The molecule has 3 aliphatic rings. The minimum atomic E-state index is -0.673. The maximum Gasteiger partial charge on any atom is 0.137 e. The van der Waals surface area contributed by atoms with Crippen LogP contribution in [-0.4, -0.2) is 60.7 Å². The molecule has 0 amide bonds. The topological polar surface area (TPSA) is 65.0 Å². The molecule has 7 nitrogen and oxygen atoms in total. The number of aliphatic hydroxyl groups excluding tert-OH is 1. The van der Waals surface area contributed by atoms with Crippen molar-refractivity contribution >= 4 is 33.8 Å². The molecule has 0 bridgehead atoms. The van der Waals surface area contributed by atoms with Gasteiger partial charge in [0, 0.05) is 49.3 Å². The number of hydrogen-bond donors (Lipinski definition) is 1. The molecule has 0 radical (unpaired) electrons. The zero-order valence-corrected chi connectivity index (χ0v) is 20.9. The zero-order valence-electron chi connectivity index (χ0n) is 20.9. The minimum absolute atomic E-state index is 0.241. The van der Waals surface area contributed by atoms with Gasteiger partial charge in [-0.25, -0.2) is 13.8 Å². The molecule has 0 spiro atoms. The predicted molar refractivity (Wildman–Crippen MR) is 136 cm³/mol. The molecular formula is C27H31F2N5O2. The number of rotatable bonds is 3. The van der Waals surface area contributed by atoms with Gasteiger partial charge in [0.2, 0.25) is 0 Å². The van der Waals surface area contributed by atoms with E-state index in [9.17, 15) is 9.50 Å². The van der Waals surface area contributed by atoms with Crippen LogP contribution < -0.4 is 14.7 Å². The molecule has 190 valence electrons. The normalized spacial score (nSPS) is 21.5. The van der Waals surface area contributed by atoms with Gasteiger partial charge in [0.25, 0.3) is 0 Å². The third-order valence-electron chi connectivity index (χ3n) is 7.67. The second-order valence-electron chi connectivity index (χ2n) is 10.6. The first-order valence-corrected chi connectivity index (χ1v) is 12.6. The lowest BCUT2D eigenvalue weighted by molar-refractivity contribution is 0.122. The maximum absolute atomic E-state index is 15.5. The lowest BCUT2D eigenvalue weighted by Gasteiger charge is -2.31. The zero-order chi connectivity index (χ0) is 25.2. The second-order valence-corrected chi connectivity index (χ2v) is 10.6. The van der Waals surface area contributed by atoms with Crippen LogP contribution in [0.25, 0.3) is 10.9 Å². The van der Waals surface area contributed by atoms with Crippen LogP contribution in [0.3, 0.4) is 0 Å². The van der Waals surface area contributed by atoms with Crippen LogP contribution in [0.1, 0.15) is 37.9 Å². The van der Waals surface area contributed by atoms with Crippen molar-refractivity contribution in [3.05, 3.63) is 47.3 Å². The summed E-state index contributed by atoms with van der Waals surface area (Å²) in [7, 11) is 0. The van der Waals surface area contributed by atoms with Gasteiger partial charge in [0.15, 0.2) is 0 Å². The van der Waals surface area contributed by atoms with E-state index in [0.29, 0.717) is 44.2 Å². The Morgan fingerprint density at radius 3 is 2.61 bits per heavy atom. The number of aliphatic hydroxyl groups is 1. The van der Waals surface area contributed by atoms with Crippen molar-refractivity contribution in [2.24, 2.45) is 0 Å². The molecule has 2 fully saturated rings. The lowest BCUT2D eigenvalue weighted by Crippen LogP contribution is -2.36. The molecule has 3 aromatic rings. The van der Waals surface area contributed by atoms with Crippen molar-refractivity contribution in [2.45, 2.75) is 45.3 Å². The summed E-state index contributed by atoms with van der Waals surface area (Å²) in [5.41, 5.74) is 4.22. The standard InChI is InChI=1S/C27H31F2N5O2/c1-16-24(23-19(29)11-17(28)12-20(23)31-26(16)33-6-4-5-22(33)35)34-15-27(2,3)25-21(34)13-18(14-30-25)32-7-9-36-10-8-32/h11-14,22,35H,4-10,15H2,1-3H3. The van der Waals surface area contributed by atoms with Crippen molar-refractivity contribution < 1.29 is 18.6 Å². The number of morpholine rings is 1. The molecule has 1 unspecified atom stereocenters. The first kappa shape index (κ1) is 23.4. The second kappa shape index (κ2) is 8.52. The first-order valence-electron chi connectivity index (χ1n) is 12.6. The van der Waals surface area contributed by atoms with Gasteiger partial charge in [-0.3, -0.25) is 4.98 Å². The number of anilines is 4. The van der Waals surface area contributed by atoms with E-state index in [1.807, 2.05) is 18.0 Å². The van der Waals surface area contributed by atoms with Crippen molar-refractivity contribution in [3.8, 4) is 0 Å². The smallest absolute Gasteiger partial charge is 0.137 e. The largest absolute Gasteiger partial charge is 0.378 e. The Labute approximate surface area is 209 Å². The van der Waals surface area contributed by atoms with Gasteiger partial charge in [0.05, 0.1) is 53.1 Å². The summed E-state index contributed by atoms with van der Waals surface area (Å²) >= 11 is 0. The molecule has 0 saturated carbocycles. The van der Waals surface area contributed by atoms with E-state index in [1.54, 1.807) is 0 Å². The maximum atomic E-state index is 15.5. The summed E-state index contributed by atoms with van der Waals surface area (Å²) in [6, 6.07) is 4.32. The summed E-state index contributed by atoms with van der Waals surface area (Å²) in [6.45, 7) is 10.3. The van der Waals surface area contributed by atoms with Crippen LogP contribution in [0.5, 0.6) is 0 Å². The number of nitrogens with zero attached hydrogens (tertiary/aromatic N) is 5. The molecule has 0 aliphatic carbocycles. The fourth-order valence-corrected chi connectivity index (χ4v) is 5.91. The van der Waals surface area contributed by atoms with Crippen LogP contribution in [0.15, 0.2) is 24.4 Å². The minimum Gasteiger partial charge on any atom is -0.378 e. The molecular weight excluding hydrogens is 464 g/mol. The van der Waals surface area contributed by atoms with Gasteiger partial charge in [-0.15, -0.1) is 0 Å². The van der Waals surface area contributed by atoms with Crippen LogP contribution in [-0.2, 0) is 10.2 Å². The van der Waals surface area contributed by atoms with E-state index in [2.05, 4.69) is 34.7 Å². The Balaban J connectivity index is 1.58. The third-order valence-corrected chi connectivity index (χ3v) is 7.67. The molecule has 1 N–H and O–H groups in total. The highest BCUT2D eigenvalue weighted by atomic mass is 19.1. The Bertz CT molecular complexity index is 1340. The van der Waals surface area contributed by atoms with Crippen LogP contribution in [0.4, 0.5) is 31.7 Å². The number of pyridine rings is 2. The average Bonchev–Trinajstić information content (AvgIpc) is 3.39. The fraction of sp³-hybridized carbons (Fsp3) is 0.481. The van der Waals surface area contributed by atoms with Crippen LogP contribution in [0, 0.1) is 18.6 Å². The Morgan fingerprint density at radius 2 is 1.89 bits per heavy atom. The summed E-state index contributed by atoms with van der Waals surface area (Å²) in [4.78, 5) is 15.7. The van der Waals surface area contributed by atoms with Crippen molar-refractivity contribution in [3.63, 3.8) is 0 Å². The van der Waals surface area contributed by atoms with Gasteiger partial charge < -0.3 is 24.5 Å². The van der Waals surface area contributed by atoms with Crippen molar-refractivity contribution in [1.82, 2.24) is 9.97 Å². The number of hydrogen-bond acceptors (Lipinski definition) is 7. The van der Waals surface area contributed by atoms with E-state index in [0.717, 1.165) is 48.2 Å². The molecule has 2 aromatic heterocycles. The average molecular weight is 496 g/mol. The van der Waals surface area contributed by atoms with E-state index in [-0.39, 0.29) is 16.3 Å². The number of fused-ring (bicyclic) bond motifs is 2. The van der Waals surface area contributed by atoms with Gasteiger partial charge >= 0.3 is 0 Å². The quantitative estimate of drug-likeness (QED) is 0.578. The van der Waals surface area contributed by atoms with Crippen LogP contribution in [0.2, 0.25) is 0 Å². The fourth-order valence-electron chi connectivity index (χ4n) is 5.91. The van der Waals surface area contributed by atoms with Gasteiger partial charge in [-0.2, -0.15) is 0 Å². The summed E-state index contributed by atoms with van der Waals surface area (Å²) in [5, 5.41) is 10.9. The summed E-state index contributed by atoms with van der Waals surface area (Å²) in [5.74, 6) is -0.752. The number of benzene rings is 1. The van der Waals surface area contributed by atoms with E-state index in [4.69, 9.17) is 9.72 Å². The highest BCUT2D eigenvalue weighted by molar-refractivity contribution is 5.99. The molecule has 5 heterocycles. The third kappa shape index (κ3) is 3.67. The summed E-state index contributed by atoms with van der Waals surface area (Å²) in [6.07, 6.45) is 2.71. The summed E-state index contributed by atoms with van der Waals surface area (Å²) < 4.78 is 35.3. The highest BCUT2D eigenvalue weighted by Crippen LogP contribution is 2.49. The Kier molecular flexibility index (Phi) is 5.53. The SMILES string of the molecule is Cc1c(N2CCCC2O)nc2cc(F)cc(F)c2c1N1CC(C)(C)c2ncc(N3CCOCC3)cc21. The molecule has 36 heavy (non-hydrogen) atoms. The van der Waals surface area contributed by atoms with Gasteiger partial charge in [0.1, 0.15) is 23.7 Å². The molecule has 2 saturated heterocycles. The monoisotopic (exact) mass is 495 g/mol.